The van der Waals surface area contributed by atoms with Crippen molar-refractivity contribution >= 4 is 17.4 Å². The van der Waals surface area contributed by atoms with Gasteiger partial charge in [0, 0.05) is 39.1 Å². The van der Waals surface area contributed by atoms with Crippen LogP contribution >= 0.6 is 0 Å². The Bertz CT molecular complexity index is 801. The molecule has 27 heavy (non-hydrogen) atoms. The maximum Gasteiger partial charge on any atom is 0.231 e. The summed E-state index contributed by atoms with van der Waals surface area (Å²) in [6.07, 6.45) is 2.19. The average Bonchev–Trinajstić information content (AvgIpc) is 3.17. The number of aromatic nitrogens is 1. The van der Waals surface area contributed by atoms with E-state index in [4.69, 9.17) is 9.47 Å². The van der Waals surface area contributed by atoms with Crippen LogP contribution in [0.25, 0.3) is 0 Å². The van der Waals surface area contributed by atoms with E-state index in [2.05, 4.69) is 32.2 Å². The summed E-state index contributed by atoms with van der Waals surface area (Å²) in [5, 5.41) is 2.83. The highest BCUT2D eigenvalue weighted by atomic mass is 16.7. The second kappa shape index (κ2) is 7.84. The van der Waals surface area contributed by atoms with E-state index >= 15 is 0 Å². The van der Waals surface area contributed by atoms with Crippen molar-refractivity contribution < 1.29 is 14.3 Å². The highest BCUT2D eigenvalue weighted by molar-refractivity contribution is 5.90. The second-order valence-corrected chi connectivity index (χ2v) is 6.76. The van der Waals surface area contributed by atoms with Gasteiger partial charge < -0.3 is 19.7 Å². The molecule has 142 valence electrons. The number of benzene rings is 1. The van der Waals surface area contributed by atoms with Crippen LogP contribution < -0.4 is 19.7 Å². The summed E-state index contributed by atoms with van der Waals surface area (Å²) >= 11 is 0. The third kappa shape index (κ3) is 4.14. The summed E-state index contributed by atoms with van der Waals surface area (Å²) in [7, 11) is 0. The maximum atomic E-state index is 11.4. The molecule has 1 aromatic heterocycles. The fraction of sp³-hybridized carbons (Fsp3) is 0.400. The van der Waals surface area contributed by atoms with Gasteiger partial charge in [-0.15, -0.1) is 0 Å². The number of pyridine rings is 1. The van der Waals surface area contributed by atoms with E-state index in [9.17, 15) is 4.79 Å². The standard InChI is InChI=1S/C20H24N4O3/c1-2-20(25)22-16-4-6-19(21-12-16)24-9-7-23(8-10-24)13-15-3-5-17-18(11-15)27-14-26-17/h3-6,11-12H,2,7-10,13-14H2,1H3,(H,22,25). The minimum atomic E-state index is 0.00156. The number of hydrogen-bond acceptors (Lipinski definition) is 6. The lowest BCUT2D eigenvalue weighted by Gasteiger charge is -2.35. The van der Waals surface area contributed by atoms with Gasteiger partial charge in [-0.1, -0.05) is 13.0 Å². The Labute approximate surface area is 158 Å². The van der Waals surface area contributed by atoms with Crippen LogP contribution in [0.4, 0.5) is 11.5 Å². The van der Waals surface area contributed by atoms with Crippen molar-refractivity contribution in [3.8, 4) is 11.5 Å². The fourth-order valence-corrected chi connectivity index (χ4v) is 3.33. The Kier molecular flexibility index (Phi) is 5.11. The number of ether oxygens (including phenoxy) is 2. The van der Waals surface area contributed by atoms with Gasteiger partial charge in [-0.05, 0) is 29.8 Å². The minimum absolute atomic E-state index is 0.00156. The second-order valence-electron chi connectivity index (χ2n) is 6.76. The molecule has 1 N–H and O–H groups in total. The Morgan fingerprint density at radius 3 is 2.67 bits per heavy atom. The fourth-order valence-electron chi connectivity index (χ4n) is 3.33. The van der Waals surface area contributed by atoms with E-state index in [-0.39, 0.29) is 5.91 Å². The first kappa shape index (κ1) is 17.6. The molecular weight excluding hydrogens is 344 g/mol. The zero-order chi connectivity index (χ0) is 18.6. The Balaban J connectivity index is 1.30. The van der Waals surface area contributed by atoms with Crippen molar-refractivity contribution in [3.63, 3.8) is 0 Å². The Morgan fingerprint density at radius 1 is 1.11 bits per heavy atom. The topological polar surface area (TPSA) is 66.9 Å². The van der Waals surface area contributed by atoms with Crippen LogP contribution in [-0.4, -0.2) is 48.8 Å². The molecule has 0 spiro atoms. The summed E-state index contributed by atoms with van der Waals surface area (Å²) in [6, 6.07) is 10.0. The lowest BCUT2D eigenvalue weighted by atomic mass is 10.1. The number of rotatable bonds is 5. The molecule has 2 aliphatic rings. The number of nitrogens with one attached hydrogen (secondary N) is 1. The predicted octanol–water partition coefficient (Wildman–Crippen LogP) is 2.48. The lowest BCUT2D eigenvalue weighted by Crippen LogP contribution is -2.46. The van der Waals surface area contributed by atoms with Crippen LogP contribution in [0.1, 0.15) is 18.9 Å². The van der Waals surface area contributed by atoms with Crippen molar-refractivity contribution in [3.05, 3.63) is 42.1 Å². The molecule has 2 aliphatic heterocycles. The average molecular weight is 368 g/mol. The zero-order valence-electron chi connectivity index (χ0n) is 15.5. The quantitative estimate of drug-likeness (QED) is 0.875. The van der Waals surface area contributed by atoms with Crippen molar-refractivity contribution in [1.29, 1.82) is 0 Å². The third-order valence-corrected chi connectivity index (χ3v) is 4.89. The number of nitrogens with zero attached hydrogens (tertiary/aromatic N) is 3. The first-order valence-corrected chi connectivity index (χ1v) is 9.33. The smallest absolute Gasteiger partial charge is 0.231 e. The molecule has 0 saturated carbocycles. The van der Waals surface area contributed by atoms with Crippen LogP contribution in [0.3, 0.4) is 0 Å². The molecule has 4 rings (SSSR count). The van der Waals surface area contributed by atoms with E-state index < -0.39 is 0 Å². The molecule has 3 heterocycles. The summed E-state index contributed by atoms with van der Waals surface area (Å²) in [5.74, 6) is 2.62. The molecule has 1 fully saturated rings. The SMILES string of the molecule is CCC(=O)Nc1ccc(N2CCN(Cc3ccc4c(c3)OCO4)CC2)nc1. The Hall–Kier alpha value is -2.80. The van der Waals surface area contributed by atoms with E-state index in [0.717, 1.165) is 55.7 Å². The van der Waals surface area contributed by atoms with Crippen LogP contribution in [0.5, 0.6) is 11.5 Å². The molecule has 7 nitrogen and oxygen atoms in total. The third-order valence-electron chi connectivity index (χ3n) is 4.89. The number of carbonyl (C=O) groups excluding carboxylic acids is 1. The first-order valence-electron chi connectivity index (χ1n) is 9.33. The molecule has 0 radical (unpaired) electrons. The molecule has 1 amide bonds. The molecular formula is C20H24N4O3. The van der Waals surface area contributed by atoms with Crippen molar-refractivity contribution in [2.45, 2.75) is 19.9 Å². The first-order chi connectivity index (χ1) is 13.2. The van der Waals surface area contributed by atoms with Gasteiger partial charge in [0.2, 0.25) is 12.7 Å². The molecule has 0 bridgehead atoms. The lowest BCUT2D eigenvalue weighted by molar-refractivity contribution is -0.115. The van der Waals surface area contributed by atoms with Crippen molar-refractivity contribution in [2.75, 3.05) is 43.2 Å². The van der Waals surface area contributed by atoms with E-state index in [1.54, 1.807) is 6.20 Å². The number of fused-ring (bicyclic) bond motifs is 1. The normalized spacial score (nSPS) is 16.4. The summed E-state index contributed by atoms with van der Waals surface area (Å²) < 4.78 is 10.8. The van der Waals surface area contributed by atoms with Gasteiger partial charge >= 0.3 is 0 Å². The van der Waals surface area contributed by atoms with Gasteiger partial charge in [0.15, 0.2) is 11.5 Å². The predicted molar refractivity (Wildman–Crippen MR) is 103 cm³/mol. The monoisotopic (exact) mass is 368 g/mol. The number of amides is 1. The maximum absolute atomic E-state index is 11.4. The van der Waals surface area contributed by atoms with Gasteiger partial charge in [-0.3, -0.25) is 9.69 Å². The Morgan fingerprint density at radius 2 is 1.93 bits per heavy atom. The van der Waals surface area contributed by atoms with Crippen LogP contribution in [-0.2, 0) is 11.3 Å². The molecule has 1 aromatic carbocycles. The van der Waals surface area contributed by atoms with E-state index in [1.165, 1.54) is 5.56 Å². The number of hydrogen-bond donors (Lipinski definition) is 1. The van der Waals surface area contributed by atoms with E-state index in [1.807, 2.05) is 25.1 Å². The minimum Gasteiger partial charge on any atom is -0.454 e. The van der Waals surface area contributed by atoms with Crippen molar-refractivity contribution in [1.82, 2.24) is 9.88 Å². The van der Waals surface area contributed by atoms with Crippen LogP contribution in [0.2, 0.25) is 0 Å². The van der Waals surface area contributed by atoms with Crippen LogP contribution in [0, 0.1) is 0 Å². The molecule has 0 aliphatic carbocycles. The molecule has 0 unspecified atom stereocenters. The summed E-state index contributed by atoms with van der Waals surface area (Å²) in [4.78, 5) is 20.7. The van der Waals surface area contributed by atoms with Crippen molar-refractivity contribution in [2.24, 2.45) is 0 Å². The summed E-state index contributed by atoms with van der Waals surface area (Å²) in [5.41, 5.74) is 1.98. The van der Waals surface area contributed by atoms with Crippen LogP contribution in [0.15, 0.2) is 36.5 Å². The van der Waals surface area contributed by atoms with Gasteiger partial charge in [0.25, 0.3) is 0 Å². The zero-order valence-corrected chi connectivity index (χ0v) is 15.5. The molecule has 0 atom stereocenters. The van der Waals surface area contributed by atoms with E-state index in [0.29, 0.717) is 13.2 Å². The molecule has 7 heteroatoms. The van der Waals surface area contributed by atoms with Gasteiger partial charge in [0.1, 0.15) is 5.82 Å². The largest absolute Gasteiger partial charge is 0.454 e. The molecule has 2 aromatic rings. The molecule has 1 saturated heterocycles. The van der Waals surface area contributed by atoms with Gasteiger partial charge in [0.05, 0.1) is 11.9 Å². The number of carbonyl (C=O) groups is 1. The van der Waals surface area contributed by atoms with Gasteiger partial charge in [-0.25, -0.2) is 4.98 Å². The summed E-state index contributed by atoms with van der Waals surface area (Å²) in [6.45, 7) is 6.86. The number of anilines is 2. The highest BCUT2D eigenvalue weighted by Crippen LogP contribution is 2.32. The number of piperazine rings is 1. The van der Waals surface area contributed by atoms with Gasteiger partial charge in [-0.2, -0.15) is 0 Å². The highest BCUT2D eigenvalue weighted by Gasteiger charge is 2.19.